The molecule has 1 aromatic rings. The fraction of sp³-hybridized carbons (Fsp3) is 0.571. The van der Waals surface area contributed by atoms with Crippen molar-refractivity contribution in [2.75, 3.05) is 13.2 Å². The van der Waals surface area contributed by atoms with E-state index in [1.165, 1.54) is 24.0 Å². The van der Waals surface area contributed by atoms with Crippen LogP contribution in [-0.4, -0.2) is 30.4 Å². The minimum atomic E-state index is 0.0439. The largest absolute Gasteiger partial charge is 0.492 e. The van der Waals surface area contributed by atoms with Crippen LogP contribution < -0.4 is 10.1 Å². The fourth-order valence-electron chi connectivity index (χ4n) is 1.81. The molecule has 0 bridgehead atoms. The van der Waals surface area contributed by atoms with E-state index in [4.69, 9.17) is 4.74 Å². The van der Waals surface area contributed by atoms with Crippen molar-refractivity contribution in [1.82, 2.24) is 5.32 Å². The molecule has 1 unspecified atom stereocenters. The third kappa shape index (κ3) is 3.45. The van der Waals surface area contributed by atoms with Gasteiger partial charge in [-0.3, -0.25) is 0 Å². The molecule has 1 saturated carbocycles. The maximum atomic E-state index is 9.26. The summed E-state index contributed by atoms with van der Waals surface area (Å²) < 4.78 is 5.78. The Bertz CT molecular complexity index is 374. The second-order valence-electron chi connectivity index (χ2n) is 4.83. The molecule has 2 rings (SSSR count). The Balaban J connectivity index is 1.88. The van der Waals surface area contributed by atoms with E-state index >= 15 is 0 Å². The monoisotopic (exact) mass is 235 g/mol. The first kappa shape index (κ1) is 12.4. The second-order valence-corrected chi connectivity index (χ2v) is 4.83. The molecule has 0 saturated heterocycles. The van der Waals surface area contributed by atoms with E-state index in [0.29, 0.717) is 12.6 Å². The van der Waals surface area contributed by atoms with Gasteiger partial charge in [-0.05, 0) is 43.9 Å². The van der Waals surface area contributed by atoms with Crippen molar-refractivity contribution in [1.29, 1.82) is 0 Å². The van der Waals surface area contributed by atoms with Crippen LogP contribution in [0.15, 0.2) is 18.2 Å². The predicted molar refractivity (Wildman–Crippen MR) is 68.4 cm³/mol. The first-order valence-corrected chi connectivity index (χ1v) is 6.26. The number of aryl methyl sites for hydroxylation is 1. The maximum absolute atomic E-state index is 9.26. The third-order valence-corrected chi connectivity index (χ3v) is 3.26. The average molecular weight is 235 g/mol. The molecule has 1 aromatic carbocycles. The summed E-state index contributed by atoms with van der Waals surface area (Å²) in [5.41, 5.74) is 2.41. The zero-order chi connectivity index (χ0) is 12.3. The SMILES string of the molecule is Cc1cccc(OCC(CO)NC2CC2)c1C. The van der Waals surface area contributed by atoms with E-state index in [2.05, 4.69) is 25.2 Å². The Kier molecular flexibility index (Phi) is 4.02. The van der Waals surface area contributed by atoms with Gasteiger partial charge in [-0.2, -0.15) is 0 Å². The third-order valence-electron chi connectivity index (χ3n) is 3.26. The van der Waals surface area contributed by atoms with E-state index in [1.54, 1.807) is 0 Å². The van der Waals surface area contributed by atoms with E-state index in [-0.39, 0.29) is 12.6 Å². The quantitative estimate of drug-likeness (QED) is 0.790. The van der Waals surface area contributed by atoms with Gasteiger partial charge in [-0.15, -0.1) is 0 Å². The Morgan fingerprint density at radius 3 is 2.82 bits per heavy atom. The van der Waals surface area contributed by atoms with E-state index < -0.39 is 0 Å². The number of rotatable bonds is 6. The van der Waals surface area contributed by atoms with Crippen molar-refractivity contribution in [3.05, 3.63) is 29.3 Å². The molecule has 3 nitrogen and oxygen atoms in total. The molecule has 1 fully saturated rings. The summed E-state index contributed by atoms with van der Waals surface area (Å²) in [5.74, 6) is 0.918. The smallest absolute Gasteiger partial charge is 0.122 e. The summed E-state index contributed by atoms with van der Waals surface area (Å²) in [5, 5.41) is 12.6. The lowest BCUT2D eigenvalue weighted by Gasteiger charge is -2.18. The molecule has 3 heteroatoms. The number of ether oxygens (including phenoxy) is 1. The van der Waals surface area contributed by atoms with Gasteiger partial charge in [0, 0.05) is 6.04 Å². The molecule has 94 valence electrons. The molecule has 1 aliphatic rings. The number of hydrogen-bond acceptors (Lipinski definition) is 3. The summed E-state index contributed by atoms with van der Waals surface area (Å²) in [4.78, 5) is 0. The molecule has 2 N–H and O–H groups in total. The molecule has 0 amide bonds. The molecular weight excluding hydrogens is 214 g/mol. The van der Waals surface area contributed by atoms with Crippen molar-refractivity contribution < 1.29 is 9.84 Å². The van der Waals surface area contributed by atoms with Crippen LogP contribution in [0.3, 0.4) is 0 Å². The van der Waals surface area contributed by atoms with Crippen LogP contribution in [0.1, 0.15) is 24.0 Å². The van der Waals surface area contributed by atoms with Crippen LogP contribution in [0.4, 0.5) is 0 Å². The van der Waals surface area contributed by atoms with E-state index in [9.17, 15) is 5.11 Å². The highest BCUT2D eigenvalue weighted by atomic mass is 16.5. The van der Waals surface area contributed by atoms with Crippen molar-refractivity contribution >= 4 is 0 Å². The van der Waals surface area contributed by atoms with Crippen LogP contribution >= 0.6 is 0 Å². The van der Waals surface area contributed by atoms with Crippen molar-refractivity contribution in [2.24, 2.45) is 0 Å². The van der Waals surface area contributed by atoms with Gasteiger partial charge in [0.2, 0.25) is 0 Å². The Labute approximate surface area is 103 Å². The maximum Gasteiger partial charge on any atom is 0.122 e. The molecule has 0 aromatic heterocycles. The van der Waals surface area contributed by atoms with Gasteiger partial charge < -0.3 is 15.2 Å². The molecule has 0 spiro atoms. The van der Waals surface area contributed by atoms with Gasteiger partial charge in [0.05, 0.1) is 12.6 Å². The summed E-state index contributed by atoms with van der Waals surface area (Å²) in [6.07, 6.45) is 2.44. The average Bonchev–Trinajstić information content (AvgIpc) is 3.13. The highest BCUT2D eigenvalue weighted by molar-refractivity contribution is 5.38. The molecule has 1 aliphatic carbocycles. The molecule has 0 aliphatic heterocycles. The topological polar surface area (TPSA) is 41.5 Å². The zero-order valence-electron chi connectivity index (χ0n) is 10.6. The van der Waals surface area contributed by atoms with E-state index in [1.807, 2.05) is 12.1 Å². The van der Waals surface area contributed by atoms with Crippen molar-refractivity contribution in [3.8, 4) is 5.75 Å². The van der Waals surface area contributed by atoms with Crippen LogP contribution in [0.2, 0.25) is 0 Å². The fourth-order valence-corrected chi connectivity index (χ4v) is 1.81. The number of nitrogens with one attached hydrogen (secondary N) is 1. The van der Waals surface area contributed by atoms with Gasteiger partial charge in [-0.1, -0.05) is 12.1 Å². The van der Waals surface area contributed by atoms with E-state index in [0.717, 1.165) is 5.75 Å². The van der Waals surface area contributed by atoms with Gasteiger partial charge in [0.25, 0.3) is 0 Å². The zero-order valence-corrected chi connectivity index (χ0v) is 10.6. The van der Waals surface area contributed by atoms with Gasteiger partial charge in [0.15, 0.2) is 0 Å². The number of aliphatic hydroxyl groups is 1. The highest BCUT2D eigenvalue weighted by Gasteiger charge is 2.24. The van der Waals surface area contributed by atoms with Gasteiger partial charge >= 0.3 is 0 Å². The summed E-state index contributed by atoms with van der Waals surface area (Å²) >= 11 is 0. The Morgan fingerprint density at radius 1 is 1.41 bits per heavy atom. The lowest BCUT2D eigenvalue weighted by atomic mass is 10.1. The standard InChI is InChI=1S/C14H21NO2/c1-10-4-3-5-14(11(10)2)17-9-13(8-16)15-12-6-7-12/h3-5,12-13,15-16H,6-9H2,1-2H3. The Hall–Kier alpha value is -1.06. The molecular formula is C14H21NO2. The highest BCUT2D eigenvalue weighted by Crippen LogP contribution is 2.22. The minimum absolute atomic E-state index is 0.0439. The normalized spacial score (nSPS) is 16.9. The molecule has 17 heavy (non-hydrogen) atoms. The van der Waals surface area contributed by atoms with Crippen molar-refractivity contribution in [2.45, 2.75) is 38.8 Å². The lowest BCUT2D eigenvalue weighted by Crippen LogP contribution is -2.39. The van der Waals surface area contributed by atoms with Crippen molar-refractivity contribution in [3.63, 3.8) is 0 Å². The van der Waals surface area contributed by atoms with Crippen LogP contribution in [0.5, 0.6) is 5.75 Å². The molecule has 0 heterocycles. The second kappa shape index (κ2) is 5.52. The van der Waals surface area contributed by atoms with Crippen LogP contribution in [0.25, 0.3) is 0 Å². The number of hydrogen-bond donors (Lipinski definition) is 2. The van der Waals surface area contributed by atoms with Gasteiger partial charge in [-0.25, -0.2) is 0 Å². The van der Waals surface area contributed by atoms with Crippen LogP contribution in [-0.2, 0) is 0 Å². The molecule has 0 radical (unpaired) electrons. The summed E-state index contributed by atoms with van der Waals surface area (Å²) in [7, 11) is 0. The summed E-state index contributed by atoms with van der Waals surface area (Å²) in [6, 6.07) is 6.69. The first-order valence-electron chi connectivity index (χ1n) is 6.26. The first-order chi connectivity index (χ1) is 8.20. The minimum Gasteiger partial charge on any atom is -0.492 e. The Morgan fingerprint density at radius 2 is 2.18 bits per heavy atom. The van der Waals surface area contributed by atoms with Crippen LogP contribution in [0, 0.1) is 13.8 Å². The predicted octanol–water partition coefficient (Wildman–Crippen LogP) is 1.80. The lowest BCUT2D eigenvalue weighted by molar-refractivity contribution is 0.181. The molecule has 1 atom stereocenters. The number of benzene rings is 1. The number of aliphatic hydroxyl groups excluding tert-OH is 1. The van der Waals surface area contributed by atoms with Gasteiger partial charge in [0.1, 0.15) is 12.4 Å². The summed E-state index contributed by atoms with van der Waals surface area (Å²) in [6.45, 7) is 4.79.